The number of methoxy groups -OCH3 is 2. The van der Waals surface area contributed by atoms with Crippen LogP contribution in [0.3, 0.4) is 0 Å². The van der Waals surface area contributed by atoms with E-state index in [-0.39, 0.29) is 17.2 Å². The van der Waals surface area contributed by atoms with E-state index in [1.54, 1.807) is 48.5 Å². The molecule has 0 spiro atoms. The third-order valence-electron chi connectivity index (χ3n) is 5.57. The molecule has 2 unspecified atom stereocenters. The molecule has 1 saturated heterocycles. The molecule has 0 radical (unpaired) electrons. The molecule has 0 saturated carbocycles. The normalized spacial score (nSPS) is 15.8. The predicted octanol–water partition coefficient (Wildman–Crippen LogP) is 2.36. The van der Waals surface area contributed by atoms with Crippen molar-refractivity contribution in [2.45, 2.75) is 18.5 Å². The number of nitrogen functional groups attached to an aromatic ring is 1. The lowest BCUT2D eigenvalue weighted by Gasteiger charge is -2.24. The Balaban J connectivity index is 1.61. The van der Waals surface area contributed by atoms with E-state index in [0.717, 1.165) is 16.2 Å². The first-order chi connectivity index (χ1) is 17.3. The Hall–Kier alpha value is -4.45. The number of hydrogen-bond acceptors (Lipinski definition) is 9. The van der Waals surface area contributed by atoms with Gasteiger partial charge in [-0.05, 0) is 35.4 Å². The van der Waals surface area contributed by atoms with Crippen LogP contribution in [0, 0.1) is 0 Å². The highest BCUT2D eigenvalue weighted by atomic mass is 32.1. The van der Waals surface area contributed by atoms with Crippen LogP contribution in [-0.2, 0) is 20.7 Å². The predicted molar refractivity (Wildman–Crippen MR) is 132 cm³/mol. The highest BCUT2D eigenvalue weighted by Crippen LogP contribution is 2.27. The van der Waals surface area contributed by atoms with Crippen LogP contribution < -0.4 is 21.1 Å². The van der Waals surface area contributed by atoms with Gasteiger partial charge in [-0.25, -0.2) is 19.5 Å². The van der Waals surface area contributed by atoms with E-state index >= 15 is 0 Å². The number of ether oxygens (including phenoxy) is 2. The van der Waals surface area contributed by atoms with Gasteiger partial charge >= 0.3 is 12.0 Å². The maximum atomic E-state index is 13.4. The van der Waals surface area contributed by atoms with E-state index in [2.05, 4.69) is 20.4 Å². The van der Waals surface area contributed by atoms with Crippen LogP contribution >= 0.6 is 11.3 Å². The second kappa shape index (κ2) is 10.4. The fourth-order valence-electron chi connectivity index (χ4n) is 3.71. The topological polar surface area (TPSA) is 153 Å². The van der Waals surface area contributed by atoms with Crippen LogP contribution in [0.5, 0.6) is 5.75 Å². The molecule has 4 amide bonds. The summed E-state index contributed by atoms with van der Waals surface area (Å²) in [6.07, 6.45) is 0.0375. The zero-order chi connectivity index (χ0) is 25.8. The number of nitrogens with zero attached hydrogens (tertiary/aromatic N) is 2. The molecule has 2 aromatic carbocycles. The average molecular weight is 510 g/mol. The Labute approximate surface area is 210 Å². The van der Waals surface area contributed by atoms with Crippen molar-refractivity contribution in [3.05, 3.63) is 70.7 Å². The molecule has 1 fully saturated rings. The molecule has 12 heteroatoms. The Bertz CT molecular complexity index is 1290. The first-order valence-electron chi connectivity index (χ1n) is 10.8. The number of carbonyl (C=O) groups is 4. The molecule has 2 heterocycles. The Morgan fingerprint density at radius 1 is 1.14 bits per heavy atom. The van der Waals surface area contributed by atoms with Crippen molar-refractivity contribution < 1.29 is 28.7 Å². The van der Waals surface area contributed by atoms with E-state index in [1.807, 2.05) is 0 Å². The number of nitrogens with two attached hydrogens (primary N) is 1. The van der Waals surface area contributed by atoms with Crippen molar-refractivity contribution in [3.8, 4) is 5.75 Å². The molecule has 1 aliphatic rings. The zero-order valence-corrected chi connectivity index (χ0v) is 20.2. The zero-order valence-electron chi connectivity index (χ0n) is 19.4. The molecule has 3 aromatic rings. The maximum Gasteiger partial charge on any atom is 0.357 e. The number of benzene rings is 2. The van der Waals surface area contributed by atoms with Gasteiger partial charge in [-0.3, -0.25) is 9.59 Å². The molecule has 186 valence electrons. The lowest BCUT2D eigenvalue weighted by molar-refractivity contribution is -0.134. The van der Waals surface area contributed by atoms with Crippen LogP contribution in [0.4, 0.5) is 15.6 Å². The van der Waals surface area contributed by atoms with Crippen molar-refractivity contribution >= 4 is 46.0 Å². The average Bonchev–Trinajstić information content (AvgIpc) is 3.47. The van der Waals surface area contributed by atoms with Gasteiger partial charge in [0.05, 0.1) is 14.2 Å². The van der Waals surface area contributed by atoms with E-state index in [0.29, 0.717) is 22.6 Å². The van der Waals surface area contributed by atoms with Crippen LogP contribution in [0.25, 0.3) is 0 Å². The van der Waals surface area contributed by atoms with Crippen LogP contribution in [0.1, 0.15) is 27.7 Å². The van der Waals surface area contributed by atoms with Crippen molar-refractivity contribution in [1.82, 2.24) is 15.2 Å². The standard InChI is InChI=1S/C24H23N5O6S/c1-34-16-9-5-14(6-10-16)19-21(31)29(24(33)27-19)18(11-13-3-7-15(25)8-4-13)20(30)28-23-26-17(12-36-23)22(32)35-2/h3-10,12,18-19H,11,25H2,1-2H3,(H,27,33)(H,26,28,30). The first-order valence-corrected chi connectivity index (χ1v) is 11.6. The molecule has 0 bridgehead atoms. The highest BCUT2D eigenvalue weighted by Gasteiger charge is 2.45. The van der Waals surface area contributed by atoms with Gasteiger partial charge in [0, 0.05) is 17.5 Å². The van der Waals surface area contributed by atoms with Gasteiger partial charge in [0.25, 0.3) is 5.91 Å². The summed E-state index contributed by atoms with van der Waals surface area (Å²) in [5.41, 5.74) is 7.56. The van der Waals surface area contributed by atoms with E-state index in [1.165, 1.54) is 19.6 Å². The van der Waals surface area contributed by atoms with E-state index in [4.69, 9.17) is 10.5 Å². The summed E-state index contributed by atoms with van der Waals surface area (Å²) in [6, 6.07) is 10.6. The number of urea groups is 1. The smallest absolute Gasteiger partial charge is 0.357 e. The molecular weight excluding hydrogens is 486 g/mol. The number of carbonyl (C=O) groups excluding carboxylic acids is 4. The lowest BCUT2D eigenvalue weighted by atomic mass is 10.0. The minimum absolute atomic E-state index is 0.0300. The number of hydrogen-bond donors (Lipinski definition) is 3. The molecule has 1 aromatic heterocycles. The van der Waals surface area contributed by atoms with Gasteiger partial charge in [0.2, 0.25) is 5.91 Å². The molecule has 2 atom stereocenters. The fraction of sp³-hybridized carbons (Fsp3) is 0.208. The molecule has 0 aliphatic carbocycles. The van der Waals surface area contributed by atoms with Gasteiger partial charge in [0.1, 0.15) is 17.8 Å². The molecule has 11 nitrogen and oxygen atoms in total. The number of nitrogens with one attached hydrogen (secondary N) is 2. The number of esters is 1. The molecule has 1 aliphatic heterocycles. The van der Waals surface area contributed by atoms with Gasteiger partial charge < -0.3 is 25.8 Å². The summed E-state index contributed by atoms with van der Waals surface area (Å²) >= 11 is 1.02. The Morgan fingerprint density at radius 3 is 2.47 bits per heavy atom. The summed E-state index contributed by atoms with van der Waals surface area (Å²) in [4.78, 5) is 56.4. The van der Waals surface area contributed by atoms with Crippen molar-refractivity contribution in [2.24, 2.45) is 0 Å². The number of rotatable bonds is 8. The summed E-state index contributed by atoms with van der Waals surface area (Å²) in [5, 5.41) is 6.82. The first kappa shape index (κ1) is 24.7. The van der Waals surface area contributed by atoms with Crippen LogP contribution in [0.15, 0.2) is 53.9 Å². The van der Waals surface area contributed by atoms with E-state index in [9.17, 15) is 19.2 Å². The third kappa shape index (κ3) is 5.13. The van der Waals surface area contributed by atoms with E-state index < -0.39 is 35.9 Å². The largest absolute Gasteiger partial charge is 0.497 e. The number of imide groups is 1. The highest BCUT2D eigenvalue weighted by molar-refractivity contribution is 7.14. The van der Waals surface area contributed by atoms with Crippen LogP contribution in [0.2, 0.25) is 0 Å². The second-order valence-corrected chi connectivity index (χ2v) is 8.70. The quantitative estimate of drug-likeness (QED) is 0.238. The van der Waals surface area contributed by atoms with Gasteiger partial charge in [-0.1, -0.05) is 24.3 Å². The van der Waals surface area contributed by atoms with Crippen molar-refractivity contribution in [2.75, 3.05) is 25.3 Å². The van der Waals surface area contributed by atoms with Gasteiger partial charge in [0.15, 0.2) is 10.8 Å². The minimum Gasteiger partial charge on any atom is -0.497 e. The van der Waals surface area contributed by atoms with Crippen LogP contribution in [-0.4, -0.2) is 54.0 Å². The summed E-state index contributed by atoms with van der Waals surface area (Å²) < 4.78 is 9.78. The molecule has 36 heavy (non-hydrogen) atoms. The Kier molecular flexibility index (Phi) is 7.15. The molecule has 4 rings (SSSR count). The molecule has 4 N–H and O–H groups in total. The second-order valence-electron chi connectivity index (χ2n) is 7.84. The number of aromatic nitrogens is 1. The fourth-order valence-corrected chi connectivity index (χ4v) is 4.39. The van der Waals surface area contributed by atoms with Crippen molar-refractivity contribution in [1.29, 1.82) is 0 Å². The van der Waals surface area contributed by atoms with Gasteiger partial charge in [-0.15, -0.1) is 11.3 Å². The van der Waals surface area contributed by atoms with Gasteiger partial charge in [-0.2, -0.15) is 0 Å². The monoisotopic (exact) mass is 509 g/mol. The number of amides is 4. The Morgan fingerprint density at radius 2 is 1.83 bits per heavy atom. The third-order valence-corrected chi connectivity index (χ3v) is 6.33. The maximum absolute atomic E-state index is 13.4. The number of anilines is 2. The lowest BCUT2D eigenvalue weighted by Crippen LogP contribution is -2.49. The minimum atomic E-state index is -1.20. The summed E-state index contributed by atoms with van der Waals surface area (Å²) in [7, 11) is 2.75. The summed E-state index contributed by atoms with van der Waals surface area (Å²) in [5.74, 6) is -1.27. The SMILES string of the molecule is COC(=O)c1csc(NC(=O)C(Cc2ccc(N)cc2)N2C(=O)NC(c3ccc(OC)cc3)C2=O)n1. The van der Waals surface area contributed by atoms with Crippen molar-refractivity contribution in [3.63, 3.8) is 0 Å². The summed E-state index contributed by atoms with van der Waals surface area (Å²) in [6.45, 7) is 0. The number of thiazole rings is 1. The molecular formula is C24H23N5O6S.